The molecule has 29 heavy (non-hydrogen) atoms. The van der Waals surface area contributed by atoms with E-state index in [2.05, 4.69) is 0 Å². The number of fused-ring (bicyclic) bond motifs is 1. The highest BCUT2D eigenvalue weighted by Crippen LogP contribution is 2.23. The molecule has 0 bridgehead atoms. The minimum atomic E-state index is -0.475. The fourth-order valence-electron chi connectivity index (χ4n) is 3.78. The fraction of sp³-hybridized carbons (Fsp3) is 0.304. The van der Waals surface area contributed by atoms with E-state index in [9.17, 15) is 14.0 Å². The van der Waals surface area contributed by atoms with Gasteiger partial charge in [-0.3, -0.25) is 9.59 Å². The molecule has 2 heterocycles. The molecule has 0 saturated carbocycles. The van der Waals surface area contributed by atoms with Gasteiger partial charge in [0.05, 0.1) is 12.1 Å². The van der Waals surface area contributed by atoms with Crippen LogP contribution in [-0.2, 0) is 11.3 Å². The van der Waals surface area contributed by atoms with E-state index in [-0.39, 0.29) is 12.4 Å². The number of piperidine rings is 1. The zero-order chi connectivity index (χ0) is 20.2. The van der Waals surface area contributed by atoms with Gasteiger partial charge in [0, 0.05) is 30.2 Å². The van der Waals surface area contributed by atoms with Crippen molar-refractivity contribution >= 4 is 22.6 Å². The summed E-state index contributed by atoms with van der Waals surface area (Å²) < 4.78 is 21.2. The van der Waals surface area contributed by atoms with Gasteiger partial charge < -0.3 is 14.2 Å². The number of likely N-dealkylation sites (tertiary alicyclic amines) is 1. The lowest BCUT2D eigenvalue weighted by atomic mass is 10.1. The summed E-state index contributed by atoms with van der Waals surface area (Å²) in [5.74, 6) is -1.12. The number of nitrogens with zero attached hydrogens (tertiary/aromatic N) is 2. The summed E-state index contributed by atoms with van der Waals surface area (Å²) >= 11 is 0. The topological polar surface area (TPSA) is 51.5 Å². The molecule has 4 rings (SSSR count). The van der Waals surface area contributed by atoms with Gasteiger partial charge in [-0.05, 0) is 37.5 Å². The van der Waals surface area contributed by atoms with Crippen LogP contribution in [0.1, 0.15) is 29.6 Å². The van der Waals surface area contributed by atoms with Crippen molar-refractivity contribution in [1.29, 1.82) is 0 Å². The van der Waals surface area contributed by atoms with Gasteiger partial charge in [0.2, 0.25) is 0 Å². The van der Waals surface area contributed by atoms with Crippen molar-refractivity contribution in [2.24, 2.45) is 0 Å². The maximum Gasteiger partial charge on any atom is 0.295 e. The minimum absolute atomic E-state index is 0.195. The van der Waals surface area contributed by atoms with Crippen molar-refractivity contribution in [2.45, 2.75) is 25.8 Å². The van der Waals surface area contributed by atoms with Crippen LogP contribution < -0.4 is 4.74 Å². The van der Waals surface area contributed by atoms with Gasteiger partial charge in [-0.2, -0.15) is 0 Å². The van der Waals surface area contributed by atoms with E-state index >= 15 is 0 Å². The van der Waals surface area contributed by atoms with Gasteiger partial charge in [0.25, 0.3) is 11.7 Å². The molecule has 3 aromatic rings. The Hall–Kier alpha value is -3.15. The van der Waals surface area contributed by atoms with Gasteiger partial charge in [0.1, 0.15) is 6.61 Å². The van der Waals surface area contributed by atoms with Gasteiger partial charge in [-0.1, -0.05) is 30.3 Å². The van der Waals surface area contributed by atoms with Crippen LogP contribution in [0.5, 0.6) is 5.75 Å². The number of rotatable bonds is 6. The van der Waals surface area contributed by atoms with Crippen molar-refractivity contribution in [3.8, 4) is 5.75 Å². The first-order chi connectivity index (χ1) is 14.1. The summed E-state index contributed by atoms with van der Waals surface area (Å²) in [7, 11) is 0. The lowest BCUT2D eigenvalue weighted by molar-refractivity contribution is -0.127. The number of hydrogen-bond acceptors (Lipinski definition) is 3. The number of benzene rings is 2. The van der Waals surface area contributed by atoms with Gasteiger partial charge in [-0.15, -0.1) is 0 Å². The van der Waals surface area contributed by atoms with E-state index in [0.717, 1.165) is 30.2 Å². The minimum Gasteiger partial charge on any atom is -0.489 e. The Morgan fingerprint density at radius 1 is 0.966 bits per heavy atom. The summed E-state index contributed by atoms with van der Waals surface area (Å²) in [6.45, 7) is 1.95. The predicted octanol–water partition coefficient (Wildman–Crippen LogP) is 4.05. The molecule has 1 fully saturated rings. The van der Waals surface area contributed by atoms with Crippen molar-refractivity contribution in [3.05, 3.63) is 66.1 Å². The van der Waals surface area contributed by atoms with Crippen LogP contribution in [0.15, 0.2) is 54.7 Å². The van der Waals surface area contributed by atoms with Crippen molar-refractivity contribution in [1.82, 2.24) is 9.47 Å². The Kier molecular flexibility index (Phi) is 5.60. The highest BCUT2D eigenvalue weighted by atomic mass is 19.1. The third kappa shape index (κ3) is 4.01. The molecule has 0 aliphatic carbocycles. The predicted molar refractivity (Wildman–Crippen MR) is 109 cm³/mol. The zero-order valence-corrected chi connectivity index (χ0v) is 16.1. The molecule has 1 aromatic heterocycles. The van der Waals surface area contributed by atoms with Crippen molar-refractivity contribution in [2.75, 3.05) is 19.7 Å². The normalized spacial score (nSPS) is 14.2. The second kappa shape index (κ2) is 8.47. The zero-order valence-electron chi connectivity index (χ0n) is 16.1. The van der Waals surface area contributed by atoms with E-state index in [1.54, 1.807) is 29.3 Å². The molecule has 1 saturated heterocycles. The maximum absolute atomic E-state index is 13.7. The molecule has 1 aliphatic heterocycles. The molecule has 0 atom stereocenters. The molecule has 0 unspecified atom stereocenters. The van der Waals surface area contributed by atoms with Crippen LogP contribution >= 0.6 is 0 Å². The van der Waals surface area contributed by atoms with Crippen LogP contribution in [0.25, 0.3) is 10.9 Å². The monoisotopic (exact) mass is 394 g/mol. The molecule has 150 valence electrons. The molecule has 1 amide bonds. The van der Waals surface area contributed by atoms with Crippen LogP contribution in [0, 0.1) is 5.82 Å². The van der Waals surface area contributed by atoms with Crippen LogP contribution in [0.4, 0.5) is 4.39 Å². The first-order valence-corrected chi connectivity index (χ1v) is 9.94. The van der Waals surface area contributed by atoms with Crippen LogP contribution in [-0.4, -0.2) is 40.9 Å². The van der Waals surface area contributed by atoms with Crippen LogP contribution in [0.3, 0.4) is 0 Å². The fourth-order valence-corrected chi connectivity index (χ4v) is 3.78. The van der Waals surface area contributed by atoms with Gasteiger partial charge >= 0.3 is 0 Å². The lowest BCUT2D eigenvalue weighted by Gasteiger charge is -2.25. The summed E-state index contributed by atoms with van der Waals surface area (Å²) in [5, 5.41) is 0.744. The van der Waals surface area contributed by atoms with Gasteiger partial charge in [0.15, 0.2) is 11.6 Å². The average molecular weight is 394 g/mol. The van der Waals surface area contributed by atoms with E-state index in [1.807, 2.05) is 28.8 Å². The summed E-state index contributed by atoms with van der Waals surface area (Å²) in [6.07, 6.45) is 4.68. The second-order valence-electron chi connectivity index (χ2n) is 7.21. The standard InChI is InChI=1S/C23H23FN2O3/c24-19-9-3-5-11-21(19)29-15-14-26-16-18(17-8-2-4-10-20(17)26)22(27)23(28)25-12-6-1-7-13-25/h2-5,8-11,16H,1,6-7,12-15H2. The number of halogens is 1. The Labute approximate surface area is 168 Å². The third-order valence-corrected chi connectivity index (χ3v) is 5.30. The Morgan fingerprint density at radius 2 is 1.69 bits per heavy atom. The molecule has 6 heteroatoms. The number of Topliss-reactive ketones (excluding diaryl/α,β-unsaturated/α-hetero) is 1. The number of amides is 1. The molecular weight excluding hydrogens is 371 g/mol. The molecule has 2 aromatic carbocycles. The second-order valence-corrected chi connectivity index (χ2v) is 7.21. The quantitative estimate of drug-likeness (QED) is 0.468. The van der Waals surface area contributed by atoms with E-state index in [1.165, 1.54) is 6.07 Å². The molecule has 0 N–H and O–H groups in total. The summed E-state index contributed by atoms with van der Waals surface area (Å²) in [5.41, 5.74) is 1.25. The van der Waals surface area contributed by atoms with E-state index in [4.69, 9.17) is 4.74 Å². The van der Waals surface area contributed by atoms with Crippen molar-refractivity contribution < 1.29 is 18.7 Å². The first kappa shape index (κ1) is 19.2. The largest absolute Gasteiger partial charge is 0.489 e. The highest BCUT2D eigenvalue weighted by Gasteiger charge is 2.27. The number of carbonyl (C=O) groups excluding carboxylic acids is 2. The number of para-hydroxylation sites is 2. The van der Waals surface area contributed by atoms with E-state index < -0.39 is 17.5 Å². The molecule has 5 nitrogen and oxygen atoms in total. The number of ether oxygens (including phenoxy) is 1. The number of hydrogen-bond donors (Lipinski definition) is 0. The summed E-state index contributed by atoms with van der Waals surface area (Å²) in [6, 6.07) is 13.7. The Balaban J connectivity index is 1.54. The van der Waals surface area contributed by atoms with Gasteiger partial charge in [-0.25, -0.2) is 4.39 Å². The van der Waals surface area contributed by atoms with E-state index in [0.29, 0.717) is 25.2 Å². The molecule has 1 aliphatic rings. The molecular formula is C23H23FN2O3. The number of carbonyl (C=O) groups is 2. The Bertz CT molecular complexity index is 1040. The smallest absolute Gasteiger partial charge is 0.295 e. The highest BCUT2D eigenvalue weighted by molar-refractivity contribution is 6.44. The lowest BCUT2D eigenvalue weighted by Crippen LogP contribution is -2.40. The third-order valence-electron chi connectivity index (χ3n) is 5.30. The van der Waals surface area contributed by atoms with Crippen LogP contribution in [0.2, 0.25) is 0 Å². The summed E-state index contributed by atoms with van der Waals surface area (Å²) in [4.78, 5) is 27.3. The number of ketones is 1. The Morgan fingerprint density at radius 3 is 2.48 bits per heavy atom. The maximum atomic E-state index is 13.7. The number of aromatic nitrogens is 1. The van der Waals surface area contributed by atoms with Crippen molar-refractivity contribution in [3.63, 3.8) is 0 Å². The average Bonchev–Trinajstić information content (AvgIpc) is 3.13. The molecule has 0 spiro atoms. The first-order valence-electron chi connectivity index (χ1n) is 9.94. The molecule has 0 radical (unpaired) electrons. The SMILES string of the molecule is O=C(C(=O)N1CCCCC1)c1cn(CCOc2ccccc2F)c2ccccc12.